The first-order valence-electron chi connectivity index (χ1n) is 19.5. The van der Waals surface area contributed by atoms with Gasteiger partial charge >= 0.3 is 0 Å². The molecule has 2 heterocycles. The third-order valence-corrected chi connectivity index (χ3v) is 11.1. The summed E-state index contributed by atoms with van der Waals surface area (Å²) in [6, 6.07) is 57.4. The van der Waals surface area contributed by atoms with E-state index in [4.69, 9.17) is 58.6 Å². The molecule has 0 atom stereocenters. The van der Waals surface area contributed by atoms with Crippen molar-refractivity contribution >= 4 is 88.5 Å². The molecule has 2 aromatic heterocycles. The molecule has 0 amide bonds. The smallest absolute Gasteiger partial charge is 0.164 e. The Bertz CT molecular complexity index is 3210. The summed E-state index contributed by atoms with van der Waals surface area (Å²) in [4.78, 5) is 15.2. The van der Waals surface area contributed by atoms with Gasteiger partial charge in [-0.3, -0.25) is 0 Å². The second kappa shape index (κ2) is 15.2. The van der Waals surface area contributed by atoms with Crippen molar-refractivity contribution in [2.24, 2.45) is 0 Å². The van der Waals surface area contributed by atoms with Gasteiger partial charge < -0.3 is 4.42 Å². The third-order valence-electron chi connectivity index (χ3n) is 11.1. The van der Waals surface area contributed by atoms with Crippen LogP contribution in [0, 0.1) is 0 Å². The molecule has 10 radical (unpaired) electrons. The van der Waals surface area contributed by atoms with Crippen LogP contribution in [0.1, 0.15) is 0 Å². The van der Waals surface area contributed by atoms with Crippen LogP contribution < -0.4 is 27.3 Å². The lowest BCUT2D eigenvalue weighted by atomic mass is 9.59. The van der Waals surface area contributed by atoms with Crippen molar-refractivity contribution < 1.29 is 4.42 Å². The highest BCUT2D eigenvalue weighted by molar-refractivity contribution is 6.68. The van der Waals surface area contributed by atoms with Crippen LogP contribution in [0.4, 0.5) is 0 Å². The van der Waals surface area contributed by atoms with Crippen LogP contribution in [0.3, 0.4) is 0 Å². The lowest BCUT2D eigenvalue weighted by Gasteiger charge is -2.21. The van der Waals surface area contributed by atoms with Crippen LogP contribution >= 0.6 is 0 Å². The van der Waals surface area contributed by atoms with Crippen molar-refractivity contribution in [3.8, 4) is 78.7 Å². The van der Waals surface area contributed by atoms with E-state index < -0.39 is 0 Å². The van der Waals surface area contributed by atoms with E-state index >= 15 is 0 Å². The minimum absolute atomic E-state index is 0.158. The fraction of sp³-hybridized carbons (Fsp3) is 0. The zero-order chi connectivity index (χ0) is 40.9. The van der Waals surface area contributed by atoms with E-state index in [0.717, 1.165) is 55.3 Å². The van der Waals surface area contributed by atoms with Crippen molar-refractivity contribution in [1.29, 1.82) is 0 Å². The van der Waals surface area contributed by atoms with Gasteiger partial charge in [-0.1, -0.05) is 163 Å². The molecule has 0 aliphatic heterocycles. The first-order chi connectivity index (χ1) is 29.3. The predicted molar refractivity (Wildman–Crippen MR) is 252 cm³/mol. The summed E-state index contributed by atoms with van der Waals surface area (Å²) in [7, 11) is 31.6. The van der Waals surface area contributed by atoms with E-state index in [1.807, 2.05) is 91.0 Å². The lowest BCUT2D eigenvalue weighted by Crippen LogP contribution is -2.55. The van der Waals surface area contributed by atoms with Gasteiger partial charge in [-0.05, 0) is 62.7 Å². The molecule has 0 saturated carbocycles. The normalized spacial score (nSPS) is 11.3. The maximum Gasteiger partial charge on any atom is 0.164 e. The Kier molecular flexibility index (Phi) is 9.45. The molecule has 0 N–H and O–H groups in total. The van der Waals surface area contributed by atoms with Gasteiger partial charge in [0, 0.05) is 27.5 Å². The van der Waals surface area contributed by atoms with Crippen LogP contribution in [-0.4, -0.2) is 54.2 Å². The maximum atomic E-state index is 6.54. The van der Waals surface area contributed by atoms with Gasteiger partial charge in [0.1, 0.15) is 50.4 Å². The lowest BCUT2D eigenvalue weighted by molar-refractivity contribution is 0.669. The quantitative estimate of drug-likeness (QED) is 0.159. The predicted octanol–water partition coefficient (Wildman–Crippen LogP) is 7.41. The van der Waals surface area contributed by atoms with Crippen LogP contribution in [-0.2, 0) is 0 Å². The molecule has 4 nitrogen and oxygen atoms in total. The van der Waals surface area contributed by atoms with Gasteiger partial charge in [-0.15, -0.1) is 16.4 Å². The van der Waals surface area contributed by atoms with Crippen LogP contribution in [0.15, 0.2) is 174 Å². The molecule has 0 unspecified atom stereocenters. The molecule has 0 saturated heterocycles. The SMILES string of the molecule is [B]c1c([B])c([B])c(-c2cccc(-c3nc(-c4ccccc4)nc(-c4cccc5oc6cccc(-c7ccc(-c8ccc(-c9ccccc9)cc8)cc7)c6c45)n3)c2)c([B])c1[B]. The third kappa shape index (κ3) is 6.57. The number of hydrogen-bond acceptors (Lipinski definition) is 4. The molecule has 0 bridgehead atoms. The Morgan fingerprint density at radius 2 is 0.700 bits per heavy atom. The molecule has 0 aliphatic carbocycles. The van der Waals surface area contributed by atoms with Crippen molar-refractivity contribution in [3.05, 3.63) is 170 Å². The van der Waals surface area contributed by atoms with Gasteiger partial charge in [-0.25, -0.2) is 15.0 Å². The van der Waals surface area contributed by atoms with Crippen LogP contribution in [0.2, 0.25) is 0 Å². The number of rotatable bonds is 7. The Morgan fingerprint density at radius 3 is 1.28 bits per heavy atom. The molecular formula is C51H28B5N3O. The van der Waals surface area contributed by atoms with Gasteiger partial charge in [-0.2, -0.15) is 0 Å². The zero-order valence-corrected chi connectivity index (χ0v) is 32.3. The van der Waals surface area contributed by atoms with E-state index in [0.29, 0.717) is 34.2 Å². The van der Waals surface area contributed by atoms with E-state index in [2.05, 4.69) is 78.9 Å². The van der Waals surface area contributed by atoms with Gasteiger partial charge in [0.25, 0.3) is 0 Å². The Morgan fingerprint density at radius 1 is 0.300 bits per heavy atom. The Balaban J connectivity index is 1.10. The Hall–Kier alpha value is -7.11. The largest absolute Gasteiger partial charge is 0.456 e. The Labute approximate surface area is 354 Å². The highest BCUT2D eigenvalue weighted by Gasteiger charge is 2.21. The van der Waals surface area contributed by atoms with Crippen molar-refractivity contribution in [1.82, 2.24) is 15.0 Å². The molecule has 9 heteroatoms. The summed E-state index contributed by atoms with van der Waals surface area (Å²) < 4.78 is 6.54. The summed E-state index contributed by atoms with van der Waals surface area (Å²) in [6.45, 7) is 0. The molecule has 268 valence electrons. The second-order valence-corrected chi connectivity index (χ2v) is 14.7. The maximum absolute atomic E-state index is 6.54. The monoisotopic (exact) mass is 753 g/mol. The van der Waals surface area contributed by atoms with Crippen LogP contribution in [0.5, 0.6) is 0 Å². The topological polar surface area (TPSA) is 51.8 Å². The highest BCUT2D eigenvalue weighted by Crippen LogP contribution is 2.42. The standard InChI is InChI=1S/C51H28B5N3O/c52-44-41(45(53)47(55)48(56)46(44)54)35-14-7-15-36(28-35)50-57-49(34-12-5-2-6-13-34)58-51(59-50)38-17-9-19-40-43(38)42-37(16-8-18-39(42)60-40)33-26-24-32(25-27-33)31-22-20-30(21-23-31)29-10-3-1-4-11-29/h1-28H. The molecule has 10 aromatic rings. The first-order valence-corrected chi connectivity index (χ1v) is 19.5. The van der Waals surface area contributed by atoms with E-state index in [1.165, 1.54) is 11.1 Å². The van der Waals surface area contributed by atoms with Gasteiger partial charge in [0.15, 0.2) is 17.5 Å². The molecule has 8 aromatic carbocycles. The van der Waals surface area contributed by atoms with Crippen molar-refractivity contribution in [3.63, 3.8) is 0 Å². The second-order valence-electron chi connectivity index (χ2n) is 14.7. The van der Waals surface area contributed by atoms with Crippen molar-refractivity contribution in [2.45, 2.75) is 0 Å². The van der Waals surface area contributed by atoms with Gasteiger partial charge in [0.2, 0.25) is 0 Å². The van der Waals surface area contributed by atoms with E-state index in [9.17, 15) is 0 Å². The summed E-state index contributed by atoms with van der Waals surface area (Å²) in [5, 5.41) is 1.87. The van der Waals surface area contributed by atoms with Crippen LogP contribution in [0.25, 0.3) is 101 Å². The van der Waals surface area contributed by atoms with Crippen molar-refractivity contribution in [2.75, 3.05) is 0 Å². The number of aromatic nitrogens is 3. The average molecular weight is 753 g/mol. The number of fused-ring (bicyclic) bond motifs is 3. The van der Waals surface area contributed by atoms with E-state index in [1.54, 1.807) is 0 Å². The molecule has 10 rings (SSSR count). The number of nitrogens with zero attached hydrogens (tertiary/aromatic N) is 3. The molecule has 0 spiro atoms. The minimum Gasteiger partial charge on any atom is -0.456 e. The molecular weight excluding hydrogens is 725 g/mol. The summed E-state index contributed by atoms with van der Waals surface area (Å²) in [5.74, 6) is 1.45. The fourth-order valence-corrected chi connectivity index (χ4v) is 7.94. The average Bonchev–Trinajstić information content (AvgIpc) is 3.70. The summed E-state index contributed by atoms with van der Waals surface area (Å²) >= 11 is 0. The fourth-order valence-electron chi connectivity index (χ4n) is 7.94. The van der Waals surface area contributed by atoms with E-state index in [-0.39, 0.29) is 27.3 Å². The number of hydrogen-bond donors (Lipinski definition) is 0. The molecule has 0 aliphatic rings. The zero-order valence-electron chi connectivity index (χ0n) is 32.3. The van der Waals surface area contributed by atoms with Gasteiger partial charge in [0.05, 0.1) is 0 Å². The first kappa shape index (κ1) is 37.2. The summed E-state index contributed by atoms with van der Waals surface area (Å²) in [5.41, 5.74) is 12.8. The number of benzene rings is 8. The summed E-state index contributed by atoms with van der Waals surface area (Å²) in [6.07, 6.45) is 0. The highest BCUT2D eigenvalue weighted by atomic mass is 16.3. The minimum atomic E-state index is 0.158. The molecule has 60 heavy (non-hydrogen) atoms. The number of furan rings is 1. The molecule has 0 fully saturated rings.